The first kappa shape index (κ1) is 18.8. The summed E-state index contributed by atoms with van der Waals surface area (Å²) in [5.74, 6) is -0.901. The van der Waals surface area contributed by atoms with Crippen molar-refractivity contribution < 1.29 is 27.0 Å². The summed E-state index contributed by atoms with van der Waals surface area (Å²) in [5.41, 5.74) is 1.44. The quantitative estimate of drug-likeness (QED) is 0.483. The minimum atomic E-state index is -4.02. The van der Waals surface area contributed by atoms with Gasteiger partial charge >= 0.3 is 10.2 Å². The van der Waals surface area contributed by atoms with Crippen LogP contribution >= 0.6 is 0 Å². The molecule has 6 N–H and O–H groups in total. The number of aliphatic hydroxyl groups is 1. The van der Waals surface area contributed by atoms with Gasteiger partial charge in [-0.1, -0.05) is 24.3 Å². The lowest BCUT2D eigenvalue weighted by Crippen LogP contribution is -2.29. The predicted molar refractivity (Wildman–Crippen MR) is 99.3 cm³/mol. The second-order valence-electron chi connectivity index (χ2n) is 5.72. The maximum atomic E-state index is 11.9. The number of phenolic OH excluding ortho intramolecular Hbond substituents is 1. The number of hydrogen-bond acceptors (Lipinski definition) is 6. The fraction of sp³-hybridized carbons (Fsp3) is 0.0667. The van der Waals surface area contributed by atoms with E-state index in [0.29, 0.717) is 21.1 Å². The first-order chi connectivity index (χ1) is 12.5. The minimum Gasteiger partial charge on any atom is -0.506 e. The van der Waals surface area contributed by atoms with Gasteiger partial charge < -0.3 is 10.2 Å². The monoisotopic (exact) mass is 412 g/mol. The Balaban J connectivity index is 1.90. The summed E-state index contributed by atoms with van der Waals surface area (Å²) in [7, 11) is -7.97. The van der Waals surface area contributed by atoms with E-state index in [1.807, 2.05) is 4.72 Å². The molecule has 0 atom stereocenters. The van der Waals surface area contributed by atoms with Gasteiger partial charge in [0, 0.05) is 0 Å². The zero-order chi connectivity index (χ0) is 19.8. The van der Waals surface area contributed by atoms with Crippen molar-refractivity contribution in [3.63, 3.8) is 0 Å². The van der Waals surface area contributed by atoms with Crippen LogP contribution in [0.15, 0.2) is 54.5 Å². The van der Waals surface area contributed by atoms with E-state index in [4.69, 9.17) is 5.14 Å². The number of hydrogen-bond donors (Lipinski definition) is 5. The largest absolute Gasteiger partial charge is 0.506 e. The van der Waals surface area contributed by atoms with Gasteiger partial charge in [0.1, 0.15) is 11.4 Å². The predicted octanol–water partition coefficient (Wildman–Crippen LogP) is 0.610. The Hall–Kier alpha value is -2.96. The van der Waals surface area contributed by atoms with Gasteiger partial charge in [-0.3, -0.25) is 4.72 Å². The standard InChI is InChI=1S/C15H16N4O6S2/c16-26(22,23)17-12-4-2-1-3-11(12)7-10-5-6-13(14(20)8-10)19-9-15(21)18-27(19,24)25/h1-6,8-9,17-18,20-21H,7H2,(H2,16,22,23). The fourth-order valence-corrected chi connectivity index (χ4v) is 4.17. The lowest BCUT2D eigenvalue weighted by molar-refractivity contribution is 0.392. The molecule has 1 heterocycles. The Morgan fingerprint density at radius 1 is 1.15 bits per heavy atom. The maximum absolute atomic E-state index is 11.9. The average molecular weight is 412 g/mol. The number of aromatic hydroxyl groups is 1. The summed E-state index contributed by atoms with van der Waals surface area (Å²) in [6, 6.07) is 10.9. The van der Waals surface area contributed by atoms with Crippen molar-refractivity contribution in [3.05, 3.63) is 65.7 Å². The number of benzene rings is 2. The van der Waals surface area contributed by atoms with E-state index >= 15 is 0 Å². The molecule has 0 fully saturated rings. The second kappa shape index (κ2) is 6.64. The van der Waals surface area contributed by atoms with Crippen LogP contribution in [0.1, 0.15) is 11.1 Å². The van der Waals surface area contributed by atoms with Crippen LogP contribution in [0.25, 0.3) is 0 Å². The highest BCUT2D eigenvalue weighted by Crippen LogP contribution is 2.33. The molecule has 3 rings (SSSR count). The van der Waals surface area contributed by atoms with Crippen molar-refractivity contribution in [1.29, 1.82) is 0 Å². The lowest BCUT2D eigenvalue weighted by Gasteiger charge is -2.16. The van der Waals surface area contributed by atoms with Gasteiger partial charge in [-0.25, -0.2) is 14.2 Å². The molecular formula is C15H16N4O6S2. The van der Waals surface area contributed by atoms with E-state index in [1.165, 1.54) is 12.1 Å². The normalized spacial score (nSPS) is 15.9. The topological polar surface area (TPSA) is 162 Å². The van der Waals surface area contributed by atoms with E-state index in [9.17, 15) is 27.0 Å². The number of rotatable bonds is 5. The minimum absolute atomic E-state index is 0.0498. The molecule has 1 aliphatic heterocycles. The molecule has 12 heteroatoms. The summed E-state index contributed by atoms with van der Waals surface area (Å²) in [6.07, 6.45) is 1.17. The van der Waals surface area contributed by atoms with Crippen molar-refractivity contribution in [2.45, 2.75) is 6.42 Å². The summed E-state index contributed by atoms with van der Waals surface area (Å²) in [4.78, 5) is 0. The van der Waals surface area contributed by atoms with E-state index < -0.39 is 26.3 Å². The molecule has 0 amide bonds. The van der Waals surface area contributed by atoms with Crippen molar-refractivity contribution in [2.24, 2.45) is 5.14 Å². The number of nitrogens with one attached hydrogen (secondary N) is 2. The molecule has 0 spiro atoms. The third-order valence-electron chi connectivity index (χ3n) is 3.67. The van der Waals surface area contributed by atoms with Crippen LogP contribution in [0, 0.1) is 0 Å². The Morgan fingerprint density at radius 3 is 2.44 bits per heavy atom. The van der Waals surface area contributed by atoms with Crippen molar-refractivity contribution in [2.75, 3.05) is 9.03 Å². The maximum Gasteiger partial charge on any atom is 0.330 e. The number of aliphatic hydroxyl groups excluding tert-OH is 1. The first-order valence-corrected chi connectivity index (χ1v) is 10.5. The highest BCUT2D eigenvalue weighted by molar-refractivity contribution is 7.91. The molecule has 2 aromatic rings. The lowest BCUT2D eigenvalue weighted by atomic mass is 10.0. The van der Waals surface area contributed by atoms with E-state index in [0.717, 1.165) is 6.20 Å². The number of para-hydroxylation sites is 1. The first-order valence-electron chi connectivity index (χ1n) is 7.48. The molecule has 10 nitrogen and oxygen atoms in total. The van der Waals surface area contributed by atoms with Crippen LogP contribution < -0.4 is 18.9 Å². The smallest absolute Gasteiger partial charge is 0.330 e. The summed E-state index contributed by atoms with van der Waals surface area (Å²) < 4.78 is 51.1. The molecule has 0 aromatic heterocycles. The zero-order valence-electron chi connectivity index (χ0n) is 13.7. The molecule has 0 saturated carbocycles. The Kier molecular flexibility index (Phi) is 4.63. The highest BCUT2D eigenvalue weighted by Gasteiger charge is 2.30. The Labute approximate surface area is 155 Å². The van der Waals surface area contributed by atoms with Crippen molar-refractivity contribution >= 4 is 31.8 Å². The van der Waals surface area contributed by atoms with Gasteiger partial charge in [-0.05, 0) is 35.7 Å². The SMILES string of the molecule is NS(=O)(=O)Nc1ccccc1Cc1ccc(N2C=C(O)NS2(=O)=O)c(O)c1. The van der Waals surface area contributed by atoms with Crippen LogP contribution in [0.2, 0.25) is 0 Å². The van der Waals surface area contributed by atoms with E-state index in [-0.39, 0.29) is 17.9 Å². The number of anilines is 2. The number of phenols is 1. The molecular weight excluding hydrogens is 396 g/mol. The molecule has 0 saturated heterocycles. The van der Waals surface area contributed by atoms with Gasteiger partial charge in [-0.15, -0.1) is 0 Å². The Morgan fingerprint density at radius 2 is 1.85 bits per heavy atom. The van der Waals surface area contributed by atoms with E-state index in [2.05, 4.69) is 4.72 Å². The molecule has 1 aliphatic rings. The van der Waals surface area contributed by atoms with Gasteiger partial charge in [0.05, 0.1) is 11.9 Å². The van der Waals surface area contributed by atoms with E-state index in [1.54, 1.807) is 30.3 Å². The van der Waals surface area contributed by atoms with Crippen LogP contribution in [-0.4, -0.2) is 27.0 Å². The zero-order valence-corrected chi connectivity index (χ0v) is 15.3. The van der Waals surface area contributed by atoms with Crippen LogP contribution in [-0.2, 0) is 26.8 Å². The summed E-state index contributed by atoms with van der Waals surface area (Å²) in [5, 5.41) is 24.6. The van der Waals surface area contributed by atoms with Crippen LogP contribution in [0.4, 0.5) is 11.4 Å². The van der Waals surface area contributed by atoms with Crippen LogP contribution in [0.3, 0.4) is 0 Å². The third kappa shape index (κ3) is 4.24. The van der Waals surface area contributed by atoms with Gasteiger partial charge in [0.25, 0.3) is 10.2 Å². The molecule has 144 valence electrons. The van der Waals surface area contributed by atoms with Crippen LogP contribution in [0.5, 0.6) is 5.75 Å². The molecule has 0 bridgehead atoms. The third-order valence-corrected chi connectivity index (χ3v) is 5.46. The summed E-state index contributed by atoms with van der Waals surface area (Å²) in [6.45, 7) is 0. The highest BCUT2D eigenvalue weighted by atomic mass is 32.2. The summed E-state index contributed by atoms with van der Waals surface area (Å²) >= 11 is 0. The number of nitrogens with two attached hydrogens (primary N) is 1. The van der Waals surface area contributed by atoms with Gasteiger partial charge in [0.2, 0.25) is 5.88 Å². The number of nitrogens with zero attached hydrogens (tertiary/aromatic N) is 1. The Bertz CT molecular complexity index is 1130. The molecule has 2 aromatic carbocycles. The van der Waals surface area contributed by atoms with Gasteiger partial charge in [-0.2, -0.15) is 16.8 Å². The fourth-order valence-electron chi connectivity index (χ4n) is 2.60. The molecule has 0 unspecified atom stereocenters. The van der Waals surface area contributed by atoms with Crippen molar-refractivity contribution in [1.82, 2.24) is 4.72 Å². The van der Waals surface area contributed by atoms with Gasteiger partial charge in [0.15, 0.2) is 0 Å². The molecule has 27 heavy (non-hydrogen) atoms. The van der Waals surface area contributed by atoms with Crippen molar-refractivity contribution in [3.8, 4) is 5.75 Å². The molecule has 0 radical (unpaired) electrons. The second-order valence-corrected chi connectivity index (χ2v) is 8.56. The molecule has 0 aliphatic carbocycles. The average Bonchev–Trinajstić information content (AvgIpc) is 2.80.